The van der Waals surface area contributed by atoms with E-state index in [0.717, 1.165) is 30.9 Å². The third-order valence-electron chi connectivity index (χ3n) is 3.14. The molecule has 0 saturated carbocycles. The van der Waals surface area contributed by atoms with Crippen LogP contribution in [0.4, 0.5) is 0 Å². The smallest absolute Gasteiger partial charge is 0.112 e. The summed E-state index contributed by atoms with van der Waals surface area (Å²) in [5.41, 5.74) is 3.63. The Morgan fingerprint density at radius 2 is 2.27 bits per heavy atom. The van der Waals surface area contributed by atoms with Crippen LogP contribution in [0.5, 0.6) is 0 Å². The fourth-order valence-corrected chi connectivity index (χ4v) is 1.97. The molecule has 1 saturated heterocycles. The van der Waals surface area contributed by atoms with Crippen LogP contribution in [0.1, 0.15) is 24.2 Å². The maximum atomic E-state index is 4.61. The van der Waals surface area contributed by atoms with Crippen molar-refractivity contribution >= 4 is 11.0 Å². The predicted molar refractivity (Wildman–Crippen MR) is 61.1 cm³/mol. The molecule has 3 nitrogen and oxygen atoms in total. The SMILES string of the molecule is CCc1ccc2nc(C3CNC3)[nH]c2c1. The molecule has 2 N–H and O–H groups in total. The molecule has 1 aliphatic heterocycles. The second-order valence-electron chi connectivity index (χ2n) is 4.18. The Morgan fingerprint density at radius 1 is 1.40 bits per heavy atom. The average molecular weight is 201 g/mol. The first kappa shape index (κ1) is 8.92. The number of hydrogen-bond acceptors (Lipinski definition) is 2. The lowest BCUT2D eigenvalue weighted by Crippen LogP contribution is -2.40. The van der Waals surface area contributed by atoms with Crippen molar-refractivity contribution in [2.45, 2.75) is 19.3 Å². The Kier molecular flexibility index (Phi) is 1.99. The first-order valence-electron chi connectivity index (χ1n) is 5.56. The molecule has 2 heterocycles. The monoisotopic (exact) mass is 201 g/mol. The number of hydrogen-bond donors (Lipinski definition) is 2. The summed E-state index contributed by atoms with van der Waals surface area (Å²) in [7, 11) is 0. The van der Waals surface area contributed by atoms with Gasteiger partial charge in [0.25, 0.3) is 0 Å². The average Bonchev–Trinajstić information content (AvgIpc) is 2.56. The number of aryl methyl sites for hydroxylation is 1. The number of aromatic nitrogens is 2. The molecule has 78 valence electrons. The summed E-state index contributed by atoms with van der Waals surface area (Å²) >= 11 is 0. The van der Waals surface area contributed by atoms with Crippen molar-refractivity contribution in [2.75, 3.05) is 13.1 Å². The Hall–Kier alpha value is -1.35. The van der Waals surface area contributed by atoms with Crippen LogP contribution in [0, 0.1) is 0 Å². The fraction of sp³-hybridized carbons (Fsp3) is 0.417. The standard InChI is InChI=1S/C12H15N3/c1-2-8-3-4-10-11(5-8)15-12(14-10)9-6-13-7-9/h3-5,9,13H,2,6-7H2,1H3,(H,14,15). The predicted octanol–water partition coefficient (Wildman–Crippen LogP) is 1.81. The number of benzene rings is 1. The zero-order valence-corrected chi connectivity index (χ0v) is 8.88. The normalized spacial score (nSPS) is 16.9. The van der Waals surface area contributed by atoms with Gasteiger partial charge in [-0.2, -0.15) is 0 Å². The van der Waals surface area contributed by atoms with Gasteiger partial charge in [0, 0.05) is 19.0 Å². The van der Waals surface area contributed by atoms with E-state index >= 15 is 0 Å². The molecule has 3 heteroatoms. The summed E-state index contributed by atoms with van der Waals surface area (Å²) in [6.45, 7) is 4.29. The van der Waals surface area contributed by atoms with E-state index in [1.54, 1.807) is 0 Å². The van der Waals surface area contributed by atoms with Crippen molar-refractivity contribution in [3.63, 3.8) is 0 Å². The van der Waals surface area contributed by atoms with Crippen molar-refractivity contribution in [1.29, 1.82) is 0 Å². The molecule has 0 amide bonds. The summed E-state index contributed by atoms with van der Waals surface area (Å²) in [6, 6.07) is 6.48. The topological polar surface area (TPSA) is 40.7 Å². The molecule has 1 aliphatic rings. The highest BCUT2D eigenvalue weighted by atomic mass is 15.0. The number of fused-ring (bicyclic) bond motifs is 1. The minimum Gasteiger partial charge on any atom is -0.342 e. The van der Waals surface area contributed by atoms with E-state index in [0.29, 0.717) is 5.92 Å². The molecular formula is C12H15N3. The van der Waals surface area contributed by atoms with Gasteiger partial charge in [0.2, 0.25) is 0 Å². The molecule has 0 radical (unpaired) electrons. The van der Waals surface area contributed by atoms with Crippen molar-refractivity contribution < 1.29 is 0 Å². The second-order valence-corrected chi connectivity index (χ2v) is 4.18. The van der Waals surface area contributed by atoms with Gasteiger partial charge in [0.15, 0.2) is 0 Å². The number of imidazole rings is 1. The van der Waals surface area contributed by atoms with Crippen LogP contribution >= 0.6 is 0 Å². The van der Waals surface area contributed by atoms with Crippen molar-refractivity contribution in [2.24, 2.45) is 0 Å². The number of rotatable bonds is 2. The third-order valence-corrected chi connectivity index (χ3v) is 3.14. The van der Waals surface area contributed by atoms with Crippen LogP contribution < -0.4 is 5.32 Å². The molecule has 3 rings (SSSR count). The maximum Gasteiger partial charge on any atom is 0.112 e. The van der Waals surface area contributed by atoms with Gasteiger partial charge in [-0.3, -0.25) is 0 Å². The summed E-state index contributed by atoms with van der Waals surface area (Å²) in [5.74, 6) is 1.72. The highest BCUT2D eigenvalue weighted by molar-refractivity contribution is 5.76. The van der Waals surface area contributed by atoms with Crippen LogP contribution in [-0.4, -0.2) is 23.1 Å². The Labute approximate surface area is 88.9 Å². The molecule has 0 unspecified atom stereocenters. The van der Waals surface area contributed by atoms with Crippen LogP contribution in [0.3, 0.4) is 0 Å². The van der Waals surface area contributed by atoms with E-state index in [1.807, 2.05) is 0 Å². The van der Waals surface area contributed by atoms with Crippen LogP contribution in [-0.2, 0) is 6.42 Å². The lowest BCUT2D eigenvalue weighted by molar-refractivity contribution is 0.433. The number of aromatic amines is 1. The number of nitrogens with zero attached hydrogens (tertiary/aromatic N) is 1. The first-order valence-corrected chi connectivity index (χ1v) is 5.56. The summed E-state index contributed by atoms with van der Waals surface area (Å²) in [4.78, 5) is 8.04. The summed E-state index contributed by atoms with van der Waals surface area (Å²) in [5, 5.41) is 3.27. The molecule has 0 aliphatic carbocycles. The number of H-pyrrole nitrogens is 1. The Balaban J connectivity index is 2.04. The minimum atomic E-state index is 0.586. The molecule has 1 aromatic heterocycles. The lowest BCUT2D eigenvalue weighted by Gasteiger charge is -2.24. The van der Waals surface area contributed by atoms with E-state index in [4.69, 9.17) is 0 Å². The van der Waals surface area contributed by atoms with Crippen molar-refractivity contribution in [1.82, 2.24) is 15.3 Å². The van der Waals surface area contributed by atoms with Gasteiger partial charge < -0.3 is 10.3 Å². The molecule has 2 aromatic rings. The molecule has 0 atom stereocenters. The van der Waals surface area contributed by atoms with Crippen molar-refractivity contribution in [3.8, 4) is 0 Å². The Bertz CT molecular complexity index is 483. The molecule has 15 heavy (non-hydrogen) atoms. The minimum absolute atomic E-state index is 0.586. The highest BCUT2D eigenvalue weighted by Gasteiger charge is 2.21. The number of nitrogens with one attached hydrogen (secondary N) is 2. The zero-order valence-electron chi connectivity index (χ0n) is 8.88. The summed E-state index contributed by atoms with van der Waals surface area (Å²) in [6.07, 6.45) is 1.08. The fourth-order valence-electron chi connectivity index (χ4n) is 1.97. The van der Waals surface area contributed by atoms with E-state index in [-0.39, 0.29) is 0 Å². The molecule has 0 spiro atoms. The van der Waals surface area contributed by atoms with Gasteiger partial charge in [0.1, 0.15) is 5.82 Å². The van der Waals surface area contributed by atoms with Crippen LogP contribution in [0.25, 0.3) is 11.0 Å². The highest BCUT2D eigenvalue weighted by Crippen LogP contribution is 2.21. The van der Waals surface area contributed by atoms with Gasteiger partial charge in [-0.15, -0.1) is 0 Å². The largest absolute Gasteiger partial charge is 0.342 e. The molecule has 0 bridgehead atoms. The van der Waals surface area contributed by atoms with Crippen LogP contribution in [0.15, 0.2) is 18.2 Å². The zero-order chi connectivity index (χ0) is 10.3. The van der Waals surface area contributed by atoms with Gasteiger partial charge in [-0.05, 0) is 24.1 Å². The first-order chi connectivity index (χ1) is 7.36. The quantitative estimate of drug-likeness (QED) is 0.778. The van der Waals surface area contributed by atoms with Gasteiger partial charge in [0.05, 0.1) is 11.0 Å². The van der Waals surface area contributed by atoms with E-state index in [9.17, 15) is 0 Å². The van der Waals surface area contributed by atoms with E-state index in [1.165, 1.54) is 11.1 Å². The third kappa shape index (κ3) is 1.43. The Morgan fingerprint density at radius 3 is 2.93 bits per heavy atom. The van der Waals surface area contributed by atoms with Gasteiger partial charge in [-0.1, -0.05) is 13.0 Å². The molecule has 1 fully saturated rings. The van der Waals surface area contributed by atoms with Gasteiger partial charge in [-0.25, -0.2) is 4.98 Å². The van der Waals surface area contributed by atoms with Crippen LogP contribution in [0.2, 0.25) is 0 Å². The molecule has 1 aromatic carbocycles. The van der Waals surface area contributed by atoms with Crippen molar-refractivity contribution in [3.05, 3.63) is 29.6 Å². The lowest BCUT2D eigenvalue weighted by atomic mass is 10.0. The second kappa shape index (κ2) is 3.35. The van der Waals surface area contributed by atoms with Gasteiger partial charge >= 0.3 is 0 Å². The van der Waals surface area contributed by atoms with E-state index in [2.05, 4.69) is 40.4 Å². The molecular weight excluding hydrogens is 186 g/mol. The maximum absolute atomic E-state index is 4.61. The van der Waals surface area contributed by atoms with E-state index < -0.39 is 0 Å². The summed E-state index contributed by atoms with van der Waals surface area (Å²) < 4.78 is 0.